The van der Waals surface area contributed by atoms with Gasteiger partial charge < -0.3 is 10.2 Å². The lowest BCUT2D eigenvalue weighted by Gasteiger charge is -2.10. The van der Waals surface area contributed by atoms with E-state index in [1.54, 1.807) is 0 Å². The second-order valence-electron chi connectivity index (χ2n) is 7.08. The van der Waals surface area contributed by atoms with Crippen molar-refractivity contribution >= 4 is 14.7 Å². The van der Waals surface area contributed by atoms with E-state index >= 15 is 0 Å². The molecule has 0 aliphatic carbocycles. The first-order chi connectivity index (χ1) is 12.7. The summed E-state index contributed by atoms with van der Waals surface area (Å²) in [5.74, 6) is -0.971. The molecule has 1 unspecified atom stereocenters. The zero-order valence-electron chi connectivity index (χ0n) is 16.8. The van der Waals surface area contributed by atoms with Gasteiger partial charge in [0.15, 0.2) is 0 Å². The van der Waals surface area contributed by atoms with Gasteiger partial charge in [-0.05, 0) is 38.3 Å². The molecule has 0 aliphatic heterocycles. The Morgan fingerprint density at radius 1 is 0.885 bits per heavy atom. The number of unbranched alkanes of at least 4 members (excludes halogenated alkanes) is 12. The molecule has 26 heavy (non-hydrogen) atoms. The molecule has 0 fully saturated rings. The van der Waals surface area contributed by atoms with Gasteiger partial charge in [0, 0.05) is 0 Å². The first kappa shape index (κ1) is 25.6. The molecular weight excluding hydrogens is 345 g/mol. The van der Waals surface area contributed by atoms with E-state index in [0.29, 0.717) is 8.73 Å². The van der Waals surface area contributed by atoms with Gasteiger partial charge in [-0.15, -0.1) is 0 Å². The van der Waals surface area contributed by atoms with Crippen molar-refractivity contribution in [1.82, 2.24) is 5.09 Å². The molecule has 0 saturated heterocycles. The van der Waals surface area contributed by atoms with Crippen LogP contribution in [0.25, 0.3) is 0 Å². The molecule has 0 heterocycles. The molecule has 0 amide bonds. The number of carboxylic acid groups (broad SMARTS) is 1. The number of carbonyl (C=O) groups is 1. The number of carboxylic acids is 1. The van der Waals surface area contributed by atoms with E-state index in [-0.39, 0.29) is 6.61 Å². The number of nitrogens with one attached hydrogen (secondary N) is 1. The molecule has 0 aromatic carbocycles. The lowest BCUT2D eigenvalue weighted by Crippen LogP contribution is -2.35. The third-order valence-electron chi connectivity index (χ3n) is 4.57. The van der Waals surface area contributed by atoms with Crippen LogP contribution in [0.3, 0.4) is 0 Å². The van der Waals surface area contributed by atoms with Gasteiger partial charge in [-0.1, -0.05) is 85.6 Å². The molecule has 0 aromatic heterocycles. The van der Waals surface area contributed by atoms with Gasteiger partial charge >= 0.3 is 5.97 Å². The summed E-state index contributed by atoms with van der Waals surface area (Å²) in [4.78, 5) is 10.7. The first-order valence-corrected chi connectivity index (χ1v) is 11.9. The number of hydrogen-bond acceptors (Lipinski definition) is 3. The molecule has 4 nitrogen and oxygen atoms in total. The lowest BCUT2D eigenvalue weighted by atomic mass is 10.1. The van der Waals surface area contributed by atoms with Crippen molar-refractivity contribution in [1.29, 1.82) is 0 Å². The fourth-order valence-electron chi connectivity index (χ4n) is 2.84. The summed E-state index contributed by atoms with van der Waals surface area (Å²) in [5.41, 5.74) is 0. The van der Waals surface area contributed by atoms with E-state index < -0.39 is 12.0 Å². The topological polar surface area (TPSA) is 69.6 Å². The maximum atomic E-state index is 10.7. The van der Waals surface area contributed by atoms with Crippen LogP contribution in [0.15, 0.2) is 12.2 Å². The number of aliphatic hydroxyl groups is 1. The Morgan fingerprint density at radius 2 is 1.38 bits per heavy atom. The van der Waals surface area contributed by atoms with Crippen LogP contribution in [0.4, 0.5) is 0 Å². The molecule has 5 heteroatoms. The van der Waals surface area contributed by atoms with E-state index in [2.05, 4.69) is 24.2 Å². The number of hydrogen-bond donors (Lipinski definition) is 3. The van der Waals surface area contributed by atoms with Crippen molar-refractivity contribution in [3.8, 4) is 0 Å². The van der Waals surface area contributed by atoms with Crippen molar-refractivity contribution in [3.63, 3.8) is 0 Å². The summed E-state index contributed by atoms with van der Waals surface area (Å²) >= 11 is 0. The van der Waals surface area contributed by atoms with Gasteiger partial charge in [-0.2, -0.15) is 0 Å². The van der Waals surface area contributed by atoms with E-state index in [1.165, 1.54) is 83.5 Å². The molecule has 154 valence electrons. The molecule has 0 bridgehead atoms. The van der Waals surface area contributed by atoms with E-state index in [0.717, 1.165) is 12.6 Å². The highest BCUT2D eigenvalue weighted by atomic mass is 31.1. The maximum Gasteiger partial charge on any atom is 0.323 e. The number of aliphatic hydroxyl groups excluding tert-OH is 1. The third kappa shape index (κ3) is 18.4. The Labute approximate surface area is 163 Å². The SMILES string of the molecule is CCCCCCCCC=CCCCCCCCCPN[C@@H](CO)C(=O)O. The smallest absolute Gasteiger partial charge is 0.323 e. The van der Waals surface area contributed by atoms with Gasteiger partial charge in [0.1, 0.15) is 6.04 Å². The molecule has 0 spiro atoms. The summed E-state index contributed by atoms with van der Waals surface area (Å²) in [7, 11) is 0.423. The van der Waals surface area contributed by atoms with Gasteiger partial charge in [0.25, 0.3) is 0 Å². The Balaban J connectivity index is 3.19. The molecular formula is C21H42NO3P. The number of aliphatic carboxylic acids is 1. The minimum absolute atomic E-state index is 0.338. The highest BCUT2D eigenvalue weighted by molar-refractivity contribution is 7.35. The molecule has 0 aliphatic rings. The normalized spacial score (nSPS) is 13.2. The van der Waals surface area contributed by atoms with Gasteiger partial charge in [-0.25, -0.2) is 0 Å². The quantitative estimate of drug-likeness (QED) is 0.143. The highest BCUT2D eigenvalue weighted by Gasteiger charge is 2.13. The predicted molar refractivity (Wildman–Crippen MR) is 114 cm³/mol. The zero-order chi connectivity index (χ0) is 19.3. The third-order valence-corrected chi connectivity index (χ3v) is 5.73. The second kappa shape index (κ2) is 20.9. The minimum atomic E-state index is -0.971. The second-order valence-corrected chi connectivity index (χ2v) is 8.22. The van der Waals surface area contributed by atoms with Crippen molar-refractivity contribution in [2.75, 3.05) is 12.8 Å². The molecule has 2 atom stereocenters. The summed E-state index contributed by atoms with van der Waals surface area (Å²) in [6, 6.07) is -0.803. The van der Waals surface area contributed by atoms with E-state index in [9.17, 15) is 4.79 Å². The Bertz CT molecular complexity index is 337. The fraction of sp³-hybridized carbons (Fsp3) is 0.857. The molecule has 0 rings (SSSR count). The van der Waals surface area contributed by atoms with Crippen LogP contribution in [0.5, 0.6) is 0 Å². The predicted octanol–water partition coefficient (Wildman–Crippen LogP) is 5.65. The van der Waals surface area contributed by atoms with Crippen molar-refractivity contribution in [2.45, 2.75) is 103 Å². The molecule has 0 saturated carbocycles. The van der Waals surface area contributed by atoms with Crippen molar-refractivity contribution in [3.05, 3.63) is 12.2 Å². The average molecular weight is 388 g/mol. The van der Waals surface area contributed by atoms with Crippen molar-refractivity contribution in [2.24, 2.45) is 0 Å². The number of allylic oxidation sites excluding steroid dienone is 2. The van der Waals surface area contributed by atoms with Gasteiger partial charge in [-0.3, -0.25) is 9.88 Å². The van der Waals surface area contributed by atoms with Crippen LogP contribution in [-0.2, 0) is 4.79 Å². The monoisotopic (exact) mass is 387 g/mol. The standard InChI is InChI=1S/C21H42NO3P/c1-2-3-4-5-6-7-8-9-10-11-12-13-14-15-16-17-18-26-22-20(19-23)21(24)25/h9-10,20,22-23,26H,2-8,11-19H2,1H3,(H,24,25)/t20-/m0/s1. The Morgan fingerprint density at radius 3 is 1.88 bits per heavy atom. The van der Waals surface area contributed by atoms with E-state index in [1.807, 2.05) is 0 Å². The zero-order valence-corrected chi connectivity index (χ0v) is 17.8. The molecule has 0 aromatic rings. The average Bonchev–Trinajstić information content (AvgIpc) is 2.63. The van der Waals surface area contributed by atoms with Crippen LogP contribution >= 0.6 is 8.73 Å². The Kier molecular flexibility index (Phi) is 20.5. The minimum Gasteiger partial charge on any atom is -0.480 e. The lowest BCUT2D eigenvalue weighted by molar-refractivity contribution is -0.139. The molecule has 3 N–H and O–H groups in total. The number of rotatable bonds is 20. The van der Waals surface area contributed by atoms with Crippen molar-refractivity contribution < 1.29 is 15.0 Å². The highest BCUT2D eigenvalue weighted by Crippen LogP contribution is 2.13. The fourth-order valence-corrected chi connectivity index (χ4v) is 3.87. The van der Waals surface area contributed by atoms with Crippen LogP contribution in [0.1, 0.15) is 96.8 Å². The van der Waals surface area contributed by atoms with E-state index in [4.69, 9.17) is 10.2 Å². The van der Waals surface area contributed by atoms with Crippen LogP contribution < -0.4 is 5.09 Å². The maximum absolute atomic E-state index is 10.7. The summed E-state index contributed by atoms with van der Waals surface area (Å²) < 4.78 is 0. The van der Waals surface area contributed by atoms with Gasteiger partial charge in [0.05, 0.1) is 6.61 Å². The summed E-state index contributed by atoms with van der Waals surface area (Å²) in [5, 5.41) is 20.6. The first-order valence-electron chi connectivity index (χ1n) is 10.7. The summed E-state index contributed by atoms with van der Waals surface area (Å²) in [6.45, 7) is 1.93. The van der Waals surface area contributed by atoms with Crippen LogP contribution in [-0.4, -0.2) is 35.0 Å². The largest absolute Gasteiger partial charge is 0.480 e. The Hall–Kier alpha value is -0.440. The van der Waals surface area contributed by atoms with Crippen LogP contribution in [0.2, 0.25) is 0 Å². The van der Waals surface area contributed by atoms with Crippen LogP contribution in [0, 0.1) is 0 Å². The van der Waals surface area contributed by atoms with Gasteiger partial charge in [0.2, 0.25) is 0 Å². The molecule has 0 radical (unpaired) electrons. The summed E-state index contributed by atoms with van der Waals surface area (Å²) in [6.07, 6.45) is 24.0.